The van der Waals surface area contributed by atoms with Gasteiger partial charge in [-0.25, -0.2) is 9.59 Å². The molecule has 0 aromatic rings. The smallest absolute Gasteiger partial charge is 0.329 e. The van der Waals surface area contributed by atoms with Gasteiger partial charge in [0, 0.05) is 20.1 Å². The number of carboxylic acids is 1. The van der Waals surface area contributed by atoms with Crippen LogP contribution in [0.3, 0.4) is 0 Å². The zero-order chi connectivity index (χ0) is 14.8. The van der Waals surface area contributed by atoms with Gasteiger partial charge in [0.05, 0.1) is 0 Å². The van der Waals surface area contributed by atoms with Crippen molar-refractivity contribution in [3.05, 3.63) is 0 Å². The maximum atomic E-state index is 12.1. The van der Waals surface area contributed by atoms with E-state index >= 15 is 0 Å². The van der Waals surface area contributed by atoms with Crippen LogP contribution in [0.2, 0.25) is 0 Å². The first-order chi connectivity index (χ1) is 9.43. The summed E-state index contributed by atoms with van der Waals surface area (Å²) in [7, 11) is 1.72. The van der Waals surface area contributed by atoms with E-state index in [1.165, 1.54) is 12.8 Å². The summed E-state index contributed by atoms with van der Waals surface area (Å²) in [5, 5.41) is 12.0. The van der Waals surface area contributed by atoms with Crippen LogP contribution in [0.15, 0.2) is 0 Å². The lowest BCUT2D eigenvalue weighted by molar-refractivity contribution is -0.144. The number of likely N-dealkylation sites (N-methyl/N-ethyl adjacent to an activating group) is 1. The average molecular weight is 283 g/mol. The third-order valence-electron chi connectivity index (χ3n) is 4.50. The number of hydrogen-bond acceptors (Lipinski definition) is 3. The number of aliphatic carboxylic acids is 1. The van der Waals surface area contributed by atoms with Crippen LogP contribution in [0.1, 0.15) is 32.6 Å². The van der Waals surface area contributed by atoms with E-state index in [1.54, 1.807) is 18.9 Å². The van der Waals surface area contributed by atoms with Gasteiger partial charge >= 0.3 is 12.0 Å². The summed E-state index contributed by atoms with van der Waals surface area (Å²) in [6.07, 6.45) is 4.21. The summed E-state index contributed by atoms with van der Waals surface area (Å²) in [4.78, 5) is 27.4. The Bertz CT molecular complexity index is 378. The Kier molecular flexibility index (Phi) is 4.52. The first kappa shape index (κ1) is 15.1. The third kappa shape index (κ3) is 3.42. The van der Waals surface area contributed by atoms with Crippen LogP contribution in [-0.2, 0) is 4.79 Å². The second kappa shape index (κ2) is 5.99. The molecule has 2 fully saturated rings. The number of hydrogen-bond donors (Lipinski definition) is 2. The molecule has 0 aromatic heterocycles. The molecular weight excluding hydrogens is 258 g/mol. The molecule has 0 spiro atoms. The molecule has 6 heteroatoms. The number of carbonyl (C=O) groups excluding carboxylic acids is 1. The minimum atomic E-state index is -1.13. The molecule has 2 N–H and O–H groups in total. The van der Waals surface area contributed by atoms with E-state index in [0.29, 0.717) is 6.54 Å². The number of rotatable bonds is 6. The van der Waals surface area contributed by atoms with Crippen LogP contribution in [-0.4, -0.2) is 65.7 Å². The highest BCUT2D eigenvalue weighted by Gasteiger charge is 2.48. The largest absolute Gasteiger partial charge is 0.480 e. The Balaban J connectivity index is 1.81. The zero-order valence-corrected chi connectivity index (χ0v) is 12.4. The molecular formula is C14H25N3O3. The van der Waals surface area contributed by atoms with Crippen molar-refractivity contribution in [3.8, 4) is 0 Å². The van der Waals surface area contributed by atoms with E-state index in [9.17, 15) is 14.7 Å². The normalized spacial score (nSPS) is 22.3. The predicted molar refractivity (Wildman–Crippen MR) is 75.6 cm³/mol. The van der Waals surface area contributed by atoms with Gasteiger partial charge < -0.3 is 20.2 Å². The summed E-state index contributed by atoms with van der Waals surface area (Å²) in [5.74, 6) is -0.878. The minimum Gasteiger partial charge on any atom is -0.480 e. The molecule has 1 aliphatic heterocycles. The molecule has 2 amide bonds. The van der Waals surface area contributed by atoms with Gasteiger partial charge in [0.1, 0.15) is 5.54 Å². The Hall–Kier alpha value is -1.30. The van der Waals surface area contributed by atoms with E-state index in [1.807, 2.05) is 0 Å². The fraction of sp³-hybridized carbons (Fsp3) is 0.857. The molecule has 0 bridgehead atoms. The second-order valence-electron chi connectivity index (χ2n) is 6.18. The summed E-state index contributed by atoms with van der Waals surface area (Å²) in [6, 6.07) is -0.291. The Morgan fingerprint density at radius 2 is 1.95 bits per heavy atom. The lowest BCUT2D eigenvalue weighted by Crippen LogP contribution is -2.57. The van der Waals surface area contributed by atoms with E-state index in [-0.39, 0.29) is 11.9 Å². The highest BCUT2D eigenvalue weighted by atomic mass is 16.4. The van der Waals surface area contributed by atoms with Crippen molar-refractivity contribution in [1.29, 1.82) is 0 Å². The molecule has 1 unspecified atom stereocenters. The van der Waals surface area contributed by atoms with Crippen molar-refractivity contribution in [3.63, 3.8) is 0 Å². The Morgan fingerprint density at radius 1 is 1.35 bits per heavy atom. The standard InChI is InChI=1S/C14H25N3O3/c1-14(12(18)19,11-5-6-11)15-13(20)16(2)9-10-17-7-3-4-8-17/h11H,3-10H2,1-2H3,(H,15,20)(H,18,19). The summed E-state index contributed by atoms with van der Waals surface area (Å²) in [5.41, 5.74) is -1.13. The second-order valence-corrected chi connectivity index (χ2v) is 6.18. The van der Waals surface area contributed by atoms with Gasteiger partial charge in [0.25, 0.3) is 0 Å². The van der Waals surface area contributed by atoms with E-state index in [0.717, 1.165) is 32.5 Å². The number of nitrogens with zero attached hydrogens (tertiary/aromatic N) is 2. The molecule has 2 rings (SSSR count). The number of amides is 2. The Morgan fingerprint density at radius 3 is 2.45 bits per heavy atom. The van der Waals surface area contributed by atoms with Gasteiger partial charge in [-0.15, -0.1) is 0 Å². The van der Waals surface area contributed by atoms with Gasteiger partial charge in [-0.3, -0.25) is 0 Å². The van der Waals surface area contributed by atoms with Crippen molar-refractivity contribution < 1.29 is 14.7 Å². The molecule has 1 atom stereocenters. The van der Waals surface area contributed by atoms with Crippen LogP contribution in [0.4, 0.5) is 4.79 Å². The molecule has 1 saturated heterocycles. The highest BCUT2D eigenvalue weighted by Crippen LogP contribution is 2.39. The number of urea groups is 1. The predicted octanol–water partition coefficient (Wildman–Crippen LogP) is 0.977. The fourth-order valence-corrected chi connectivity index (χ4v) is 2.71. The highest BCUT2D eigenvalue weighted by molar-refractivity contribution is 5.86. The fourth-order valence-electron chi connectivity index (χ4n) is 2.71. The maximum absolute atomic E-state index is 12.1. The lowest BCUT2D eigenvalue weighted by atomic mass is 9.96. The molecule has 6 nitrogen and oxygen atoms in total. The van der Waals surface area contributed by atoms with Crippen LogP contribution in [0.25, 0.3) is 0 Å². The molecule has 1 heterocycles. The minimum absolute atomic E-state index is 0.0657. The first-order valence-electron chi connectivity index (χ1n) is 7.42. The van der Waals surface area contributed by atoms with Crippen molar-refractivity contribution >= 4 is 12.0 Å². The average Bonchev–Trinajstić information content (AvgIpc) is 3.13. The summed E-state index contributed by atoms with van der Waals surface area (Å²) >= 11 is 0. The lowest BCUT2D eigenvalue weighted by Gasteiger charge is -2.29. The van der Waals surface area contributed by atoms with Crippen LogP contribution < -0.4 is 5.32 Å². The van der Waals surface area contributed by atoms with Crippen LogP contribution >= 0.6 is 0 Å². The molecule has 2 aliphatic rings. The molecule has 20 heavy (non-hydrogen) atoms. The first-order valence-corrected chi connectivity index (χ1v) is 7.42. The number of likely N-dealkylation sites (tertiary alicyclic amines) is 1. The molecule has 0 aromatic carbocycles. The van der Waals surface area contributed by atoms with E-state index < -0.39 is 11.5 Å². The van der Waals surface area contributed by atoms with E-state index in [4.69, 9.17) is 0 Å². The van der Waals surface area contributed by atoms with Crippen molar-refractivity contribution in [2.24, 2.45) is 5.92 Å². The molecule has 1 saturated carbocycles. The summed E-state index contributed by atoms with van der Waals surface area (Å²) < 4.78 is 0. The number of nitrogens with one attached hydrogen (secondary N) is 1. The van der Waals surface area contributed by atoms with E-state index in [2.05, 4.69) is 10.2 Å². The number of carbonyl (C=O) groups is 2. The Labute approximate surface area is 120 Å². The maximum Gasteiger partial charge on any atom is 0.329 e. The number of carboxylic acid groups (broad SMARTS) is 1. The zero-order valence-electron chi connectivity index (χ0n) is 12.4. The molecule has 0 radical (unpaired) electrons. The van der Waals surface area contributed by atoms with Crippen LogP contribution in [0.5, 0.6) is 0 Å². The van der Waals surface area contributed by atoms with Crippen molar-refractivity contribution in [2.45, 2.75) is 38.1 Å². The quantitative estimate of drug-likeness (QED) is 0.762. The molecule has 114 valence electrons. The van der Waals surface area contributed by atoms with Gasteiger partial charge in [0.2, 0.25) is 0 Å². The van der Waals surface area contributed by atoms with Gasteiger partial charge in [-0.1, -0.05) is 0 Å². The topological polar surface area (TPSA) is 72.9 Å². The third-order valence-corrected chi connectivity index (χ3v) is 4.50. The molecule has 1 aliphatic carbocycles. The van der Waals surface area contributed by atoms with Gasteiger partial charge in [-0.2, -0.15) is 0 Å². The SMILES string of the molecule is CN(CCN1CCCC1)C(=O)NC(C)(C(=O)O)C1CC1. The van der Waals surface area contributed by atoms with Crippen molar-refractivity contribution in [1.82, 2.24) is 15.1 Å². The van der Waals surface area contributed by atoms with Gasteiger partial charge in [-0.05, 0) is 51.6 Å². The monoisotopic (exact) mass is 283 g/mol. The van der Waals surface area contributed by atoms with Crippen LogP contribution in [0, 0.1) is 5.92 Å². The van der Waals surface area contributed by atoms with Gasteiger partial charge in [0.15, 0.2) is 0 Å². The summed E-state index contributed by atoms with van der Waals surface area (Å²) in [6.45, 7) is 5.30. The van der Waals surface area contributed by atoms with Crippen molar-refractivity contribution in [2.75, 3.05) is 33.2 Å².